The number of aromatic nitrogens is 1. The van der Waals surface area contributed by atoms with Crippen LogP contribution in [0.1, 0.15) is 38.8 Å². The molecule has 0 saturated carbocycles. The highest BCUT2D eigenvalue weighted by molar-refractivity contribution is 7.14. The highest BCUT2D eigenvalue weighted by atomic mass is 32.1. The van der Waals surface area contributed by atoms with Crippen molar-refractivity contribution in [1.82, 2.24) is 10.3 Å². The van der Waals surface area contributed by atoms with Gasteiger partial charge >= 0.3 is 0 Å². The van der Waals surface area contributed by atoms with Crippen LogP contribution in [0.25, 0.3) is 11.3 Å². The Labute approximate surface area is 151 Å². The Hall–Kier alpha value is -2.25. The minimum absolute atomic E-state index is 0.0402. The molecule has 1 aromatic carbocycles. The van der Waals surface area contributed by atoms with Crippen molar-refractivity contribution < 1.29 is 14.3 Å². The predicted octanol–water partition coefficient (Wildman–Crippen LogP) is 3.37. The van der Waals surface area contributed by atoms with Crippen molar-refractivity contribution in [3.8, 4) is 11.3 Å². The molecule has 7 heteroatoms. The smallest absolute Gasteiger partial charge is 0.252 e. The number of amides is 2. The van der Waals surface area contributed by atoms with Gasteiger partial charge in [-0.2, -0.15) is 0 Å². The molecule has 1 aromatic heterocycles. The van der Waals surface area contributed by atoms with Crippen molar-refractivity contribution in [1.29, 1.82) is 0 Å². The molecule has 0 spiro atoms. The summed E-state index contributed by atoms with van der Waals surface area (Å²) in [5.41, 5.74) is 2.78. The van der Waals surface area contributed by atoms with Gasteiger partial charge in [0, 0.05) is 24.5 Å². The molecular formula is C18H23N3O3S. The molecular weight excluding hydrogens is 338 g/mol. The second kappa shape index (κ2) is 9.29. The van der Waals surface area contributed by atoms with E-state index < -0.39 is 0 Å². The molecule has 2 aromatic rings. The summed E-state index contributed by atoms with van der Waals surface area (Å²) in [5.74, 6) is -0.256. The van der Waals surface area contributed by atoms with Crippen LogP contribution in [0, 0.1) is 0 Å². The van der Waals surface area contributed by atoms with E-state index in [4.69, 9.17) is 4.74 Å². The molecule has 6 nitrogen and oxygen atoms in total. The Morgan fingerprint density at radius 1 is 1.28 bits per heavy atom. The maximum atomic E-state index is 11.7. The van der Waals surface area contributed by atoms with Crippen molar-refractivity contribution >= 4 is 28.3 Å². The molecule has 0 radical (unpaired) electrons. The standard InChI is InChI=1S/C18H23N3O3S/c1-4-9-24-10-17(23)21-18-20-16(11-25-18)15-7-5-14(6-8-15)12(2)19-13(3)22/h5-8,11-12H,4,9-10H2,1-3H3,(H,19,22)(H,20,21,23). The Kier molecular flexibility index (Phi) is 7.09. The van der Waals surface area contributed by atoms with Gasteiger partial charge in [0.2, 0.25) is 5.91 Å². The second-order valence-corrected chi connectivity index (χ2v) is 6.54. The molecule has 1 heterocycles. The Morgan fingerprint density at radius 2 is 2.00 bits per heavy atom. The molecule has 0 saturated heterocycles. The molecule has 0 bridgehead atoms. The molecule has 0 aliphatic carbocycles. The van der Waals surface area contributed by atoms with E-state index in [1.165, 1.54) is 18.3 Å². The average molecular weight is 361 g/mol. The Bertz CT molecular complexity index is 713. The minimum Gasteiger partial charge on any atom is -0.372 e. The van der Waals surface area contributed by atoms with Crippen LogP contribution >= 0.6 is 11.3 Å². The average Bonchev–Trinajstić information content (AvgIpc) is 3.03. The maximum Gasteiger partial charge on any atom is 0.252 e. The second-order valence-electron chi connectivity index (χ2n) is 5.68. The third kappa shape index (κ3) is 5.95. The number of carbonyl (C=O) groups is 2. The van der Waals surface area contributed by atoms with Gasteiger partial charge in [-0.05, 0) is 18.9 Å². The van der Waals surface area contributed by atoms with Crippen LogP contribution in [-0.4, -0.2) is 30.0 Å². The summed E-state index contributed by atoms with van der Waals surface area (Å²) in [6.07, 6.45) is 0.880. The van der Waals surface area contributed by atoms with Gasteiger partial charge < -0.3 is 10.1 Å². The lowest BCUT2D eigenvalue weighted by Crippen LogP contribution is -2.23. The molecule has 1 unspecified atom stereocenters. The summed E-state index contributed by atoms with van der Waals surface area (Å²) >= 11 is 1.38. The lowest BCUT2D eigenvalue weighted by molar-refractivity contribution is -0.121. The zero-order valence-electron chi connectivity index (χ0n) is 14.7. The van der Waals surface area contributed by atoms with Crippen molar-refractivity contribution in [3.63, 3.8) is 0 Å². The number of benzene rings is 1. The number of thiazole rings is 1. The third-order valence-electron chi connectivity index (χ3n) is 3.46. The van der Waals surface area contributed by atoms with Gasteiger partial charge in [-0.25, -0.2) is 4.98 Å². The van der Waals surface area contributed by atoms with Crippen molar-refractivity contribution in [2.24, 2.45) is 0 Å². The fourth-order valence-electron chi connectivity index (χ4n) is 2.26. The molecule has 134 valence electrons. The normalized spacial score (nSPS) is 11.8. The van der Waals surface area contributed by atoms with Crippen LogP contribution in [0.15, 0.2) is 29.6 Å². The summed E-state index contributed by atoms with van der Waals surface area (Å²) in [7, 11) is 0. The Morgan fingerprint density at radius 3 is 2.64 bits per heavy atom. The maximum absolute atomic E-state index is 11.7. The molecule has 0 fully saturated rings. The summed E-state index contributed by atoms with van der Waals surface area (Å²) in [6, 6.07) is 7.80. The first-order valence-corrected chi connectivity index (χ1v) is 9.08. The number of anilines is 1. The summed E-state index contributed by atoms with van der Waals surface area (Å²) < 4.78 is 5.21. The van der Waals surface area contributed by atoms with Crippen molar-refractivity contribution in [3.05, 3.63) is 35.2 Å². The highest BCUT2D eigenvalue weighted by Gasteiger charge is 2.10. The van der Waals surface area contributed by atoms with Crippen LogP contribution in [-0.2, 0) is 14.3 Å². The van der Waals surface area contributed by atoms with Gasteiger partial charge in [0.1, 0.15) is 6.61 Å². The monoisotopic (exact) mass is 361 g/mol. The van der Waals surface area contributed by atoms with E-state index >= 15 is 0 Å². The van der Waals surface area contributed by atoms with Crippen molar-refractivity contribution in [2.75, 3.05) is 18.5 Å². The van der Waals surface area contributed by atoms with Gasteiger partial charge in [0.05, 0.1) is 11.7 Å². The van der Waals surface area contributed by atoms with E-state index in [1.807, 2.05) is 43.5 Å². The molecule has 2 amide bonds. The summed E-state index contributed by atoms with van der Waals surface area (Å²) in [5, 5.41) is 8.04. The van der Waals surface area contributed by atoms with Crippen LogP contribution in [0.5, 0.6) is 0 Å². The number of hydrogen-bond donors (Lipinski definition) is 2. The number of nitrogens with zero attached hydrogens (tertiary/aromatic N) is 1. The zero-order valence-corrected chi connectivity index (χ0v) is 15.5. The van der Waals surface area contributed by atoms with Gasteiger partial charge in [0.15, 0.2) is 5.13 Å². The van der Waals surface area contributed by atoms with E-state index in [1.54, 1.807) is 0 Å². The number of nitrogens with one attached hydrogen (secondary N) is 2. The first kappa shape index (κ1) is 19.1. The van der Waals surface area contributed by atoms with E-state index in [0.717, 1.165) is 23.2 Å². The number of hydrogen-bond acceptors (Lipinski definition) is 5. The third-order valence-corrected chi connectivity index (χ3v) is 4.22. The quantitative estimate of drug-likeness (QED) is 0.707. The lowest BCUT2D eigenvalue weighted by Gasteiger charge is -2.13. The first-order valence-electron chi connectivity index (χ1n) is 8.20. The van der Waals surface area contributed by atoms with Crippen LogP contribution in [0.3, 0.4) is 0 Å². The number of rotatable bonds is 8. The fraction of sp³-hybridized carbons (Fsp3) is 0.389. The Balaban J connectivity index is 1.97. The largest absolute Gasteiger partial charge is 0.372 e. The summed E-state index contributed by atoms with van der Waals surface area (Å²) in [4.78, 5) is 27.3. The zero-order chi connectivity index (χ0) is 18.2. The van der Waals surface area contributed by atoms with Crippen LogP contribution < -0.4 is 10.6 Å². The minimum atomic E-state index is -0.200. The number of ether oxygens (including phenoxy) is 1. The first-order chi connectivity index (χ1) is 12.0. The lowest BCUT2D eigenvalue weighted by atomic mass is 10.1. The number of carbonyl (C=O) groups excluding carboxylic acids is 2. The topological polar surface area (TPSA) is 80.3 Å². The van der Waals surface area contributed by atoms with E-state index in [-0.39, 0.29) is 24.5 Å². The van der Waals surface area contributed by atoms with Gasteiger partial charge in [-0.1, -0.05) is 31.2 Å². The van der Waals surface area contributed by atoms with Gasteiger partial charge in [0.25, 0.3) is 5.91 Å². The van der Waals surface area contributed by atoms with Crippen LogP contribution in [0.4, 0.5) is 5.13 Å². The molecule has 2 N–H and O–H groups in total. The molecule has 0 aliphatic rings. The van der Waals surface area contributed by atoms with E-state index in [0.29, 0.717) is 11.7 Å². The highest BCUT2D eigenvalue weighted by Crippen LogP contribution is 2.26. The van der Waals surface area contributed by atoms with E-state index in [2.05, 4.69) is 15.6 Å². The SMILES string of the molecule is CCCOCC(=O)Nc1nc(-c2ccc(C(C)NC(C)=O)cc2)cs1. The molecule has 25 heavy (non-hydrogen) atoms. The van der Waals surface area contributed by atoms with Gasteiger partial charge in [-0.3, -0.25) is 14.9 Å². The summed E-state index contributed by atoms with van der Waals surface area (Å²) in [6.45, 7) is 6.04. The van der Waals surface area contributed by atoms with Crippen molar-refractivity contribution in [2.45, 2.75) is 33.2 Å². The van der Waals surface area contributed by atoms with Crippen LogP contribution in [0.2, 0.25) is 0 Å². The van der Waals surface area contributed by atoms with Gasteiger partial charge in [-0.15, -0.1) is 11.3 Å². The van der Waals surface area contributed by atoms with E-state index in [9.17, 15) is 9.59 Å². The molecule has 0 aliphatic heterocycles. The predicted molar refractivity (Wildman–Crippen MR) is 99.5 cm³/mol. The fourth-order valence-corrected chi connectivity index (χ4v) is 2.99. The molecule has 1 atom stereocenters. The molecule has 2 rings (SSSR count).